The maximum atomic E-state index is 11.0. The Hall–Kier alpha value is -0.550. The van der Waals surface area contributed by atoms with Crippen molar-refractivity contribution in [3.63, 3.8) is 0 Å². The van der Waals surface area contributed by atoms with Gasteiger partial charge in [-0.1, -0.05) is 22.0 Å². The van der Waals surface area contributed by atoms with Gasteiger partial charge in [0.15, 0.2) is 0 Å². The minimum Gasteiger partial charge on any atom is -0.496 e. The van der Waals surface area contributed by atoms with Crippen LogP contribution in [-0.4, -0.2) is 27.5 Å². The van der Waals surface area contributed by atoms with E-state index in [0.29, 0.717) is 12.8 Å². The van der Waals surface area contributed by atoms with E-state index in [2.05, 4.69) is 15.9 Å². The van der Waals surface area contributed by atoms with Crippen LogP contribution in [0, 0.1) is 0 Å². The summed E-state index contributed by atoms with van der Waals surface area (Å²) in [6, 6.07) is 5.76. The summed E-state index contributed by atoms with van der Waals surface area (Å²) < 4.78 is 28.2. The van der Waals surface area contributed by atoms with Crippen LogP contribution in [0.3, 0.4) is 0 Å². The predicted octanol–water partition coefficient (Wildman–Crippen LogP) is 2.43. The highest BCUT2D eigenvalue weighted by molar-refractivity contribution is 9.10. The smallest absolute Gasteiger partial charge is 0.147 e. The average molecular weight is 307 g/mol. The van der Waals surface area contributed by atoms with Gasteiger partial charge in [0.25, 0.3) is 0 Å². The lowest BCUT2D eigenvalue weighted by atomic mass is 10.1. The SMILES string of the molecule is COc1cc(Br)ccc1CCCS(C)(=O)=O. The van der Waals surface area contributed by atoms with Gasteiger partial charge in [0.05, 0.1) is 12.9 Å². The number of ether oxygens (including phenoxy) is 1. The van der Waals surface area contributed by atoms with Crippen molar-refractivity contribution in [2.75, 3.05) is 19.1 Å². The molecule has 0 spiro atoms. The third kappa shape index (κ3) is 4.53. The van der Waals surface area contributed by atoms with Crippen molar-refractivity contribution in [1.29, 1.82) is 0 Å². The van der Waals surface area contributed by atoms with E-state index >= 15 is 0 Å². The first kappa shape index (κ1) is 13.5. The Labute approximate surface area is 105 Å². The van der Waals surface area contributed by atoms with Crippen LogP contribution < -0.4 is 4.74 Å². The summed E-state index contributed by atoms with van der Waals surface area (Å²) >= 11 is 3.36. The van der Waals surface area contributed by atoms with E-state index in [1.807, 2.05) is 18.2 Å². The number of hydrogen-bond acceptors (Lipinski definition) is 3. The second-order valence-electron chi connectivity index (χ2n) is 3.69. The molecule has 0 aliphatic heterocycles. The molecule has 0 unspecified atom stereocenters. The largest absolute Gasteiger partial charge is 0.496 e. The Morgan fingerprint density at radius 1 is 1.38 bits per heavy atom. The first-order valence-electron chi connectivity index (χ1n) is 4.92. The molecule has 1 rings (SSSR count). The lowest BCUT2D eigenvalue weighted by Gasteiger charge is -2.08. The van der Waals surface area contributed by atoms with Gasteiger partial charge in [-0.05, 0) is 30.5 Å². The molecular weight excluding hydrogens is 292 g/mol. The molecule has 0 bridgehead atoms. The molecule has 0 aliphatic rings. The Bertz CT molecular complexity index is 454. The van der Waals surface area contributed by atoms with Gasteiger partial charge < -0.3 is 4.74 Å². The number of aryl methyl sites for hydroxylation is 1. The summed E-state index contributed by atoms with van der Waals surface area (Å²) in [7, 11) is -1.26. The Morgan fingerprint density at radius 2 is 2.06 bits per heavy atom. The van der Waals surface area contributed by atoms with Crippen LogP contribution in [-0.2, 0) is 16.3 Å². The van der Waals surface area contributed by atoms with Crippen LogP contribution in [0.1, 0.15) is 12.0 Å². The molecule has 0 heterocycles. The summed E-state index contributed by atoms with van der Waals surface area (Å²) in [4.78, 5) is 0. The molecule has 0 saturated heterocycles. The van der Waals surface area contributed by atoms with Crippen LogP contribution in [0.5, 0.6) is 5.75 Å². The standard InChI is InChI=1S/C11H15BrO3S/c1-15-11-8-10(12)6-5-9(11)4-3-7-16(2,13)14/h5-6,8H,3-4,7H2,1-2H3. The van der Waals surface area contributed by atoms with E-state index in [0.717, 1.165) is 15.8 Å². The van der Waals surface area contributed by atoms with E-state index in [1.165, 1.54) is 6.26 Å². The Kier molecular flexibility index (Phi) is 4.80. The summed E-state index contributed by atoms with van der Waals surface area (Å²) in [5, 5.41) is 0. The lowest BCUT2D eigenvalue weighted by molar-refractivity contribution is 0.409. The second kappa shape index (κ2) is 5.68. The highest BCUT2D eigenvalue weighted by Crippen LogP contribution is 2.24. The van der Waals surface area contributed by atoms with Crippen molar-refractivity contribution < 1.29 is 13.2 Å². The zero-order chi connectivity index (χ0) is 12.2. The van der Waals surface area contributed by atoms with E-state index in [9.17, 15) is 8.42 Å². The predicted molar refractivity (Wildman–Crippen MR) is 68.7 cm³/mol. The molecule has 0 amide bonds. The number of halogens is 1. The number of rotatable bonds is 5. The molecule has 0 aromatic heterocycles. The first-order chi connectivity index (χ1) is 7.42. The molecule has 3 nitrogen and oxygen atoms in total. The van der Waals surface area contributed by atoms with E-state index in [-0.39, 0.29) is 5.75 Å². The van der Waals surface area contributed by atoms with Crippen LogP contribution >= 0.6 is 15.9 Å². The summed E-state index contributed by atoms with van der Waals surface area (Å²) in [5.74, 6) is 1.01. The summed E-state index contributed by atoms with van der Waals surface area (Å²) in [5.41, 5.74) is 1.04. The lowest BCUT2D eigenvalue weighted by Crippen LogP contribution is -2.04. The zero-order valence-electron chi connectivity index (χ0n) is 9.36. The molecule has 0 saturated carbocycles. The molecular formula is C11H15BrO3S. The molecule has 1 aromatic carbocycles. The Morgan fingerprint density at radius 3 is 2.62 bits per heavy atom. The monoisotopic (exact) mass is 306 g/mol. The maximum Gasteiger partial charge on any atom is 0.147 e. The number of hydrogen-bond donors (Lipinski definition) is 0. The average Bonchev–Trinajstić information content (AvgIpc) is 2.18. The molecule has 0 fully saturated rings. The van der Waals surface area contributed by atoms with Crippen LogP contribution in [0.2, 0.25) is 0 Å². The Balaban J connectivity index is 2.67. The van der Waals surface area contributed by atoms with Crippen molar-refractivity contribution in [2.45, 2.75) is 12.8 Å². The van der Waals surface area contributed by atoms with Crippen LogP contribution in [0.15, 0.2) is 22.7 Å². The quantitative estimate of drug-likeness (QED) is 0.839. The highest BCUT2D eigenvalue weighted by atomic mass is 79.9. The van der Waals surface area contributed by atoms with Crippen molar-refractivity contribution in [3.8, 4) is 5.75 Å². The van der Waals surface area contributed by atoms with Gasteiger partial charge in [-0.2, -0.15) is 0 Å². The topological polar surface area (TPSA) is 43.4 Å². The molecule has 0 aliphatic carbocycles. The fraction of sp³-hybridized carbons (Fsp3) is 0.455. The number of sulfone groups is 1. The normalized spacial score (nSPS) is 11.4. The molecule has 1 aromatic rings. The zero-order valence-corrected chi connectivity index (χ0v) is 11.8. The van der Waals surface area contributed by atoms with Gasteiger partial charge in [0, 0.05) is 10.7 Å². The van der Waals surface area contributed by atoms with Gasteiger partial charge in [0.2, 0.25) is 0 Å². The van der Waals surface area contributed by atoms with E-state index in [1.54, 1.807) is 7.11 Å². The fourth-order valence-corrected chi connectivity index (χ4v) is 2.46. The van der Waals surface area contributed by atoms with Crippen molar-refractivity contribution in [1.82, 2.24) is 0 Å². The van der Waals surface area contributed by atoms with Gasteiger partial charge in [-0.15, -0.1) is 0 Å². The maximum absolute atomic E-state index is 11.0. The van der Waals surface area contributed by atoms with Crippen LogP contribution in [0.4, 0.5) is 0 Å². The van der Waals surface area contributed by atoms with Crippen molar-refractivity contribution in [3.05, 3.63) is 28.2 Å². The molecule has 5 heteroatoms. The van der Waals surface area contributed by atoms with Gasteiger partial charge in [0.1, 0.15) is 15.6 Å². The molecule has 90 valence electrons. The first-order valence-corrected chi connectivity index (χ1v) is 7.78. The summed E-state index contributed by atoms with van der Waals surface area (Å²) in [6.07, 6.45) is 2.59. The van der Waals surface area contributed by atoms with Gasteiger partial charge in [-0.3, -0.25) is 0 Å². The fourth-order valence-electron chi connectivity index (χ4n) is 1.45. The third-order valence-electron chi connectivity index (χ3n) is 2.21. The van der Waals surface area contributed by atoms with E-state index < -0.39 is 9.84 Å². The molecule has 0 N–H and O–H groups in total. The van der Waals surface area contributed by atoms with E-state index in [4.69, 9.17) is 4.74 Å². The third-order valence-corrected chi connectivity index (χ3v) is 3.73. The minimum atomic E-state index is -2.87. The highest BCUT2D eigenvalue weighted by Gasteiger charge is 2.06. The van der Waals surface area contributed by atoms with Crippen molar-refractivity contribution in [2.24, 2.45) is 0 Å². The molecule has 0 atom stereocenters. The molecule has 0 radical (unpaired) electrons. The number of benzene rings is 1. The molecule has 16 heavy (non-hydrogen) atoms. The van der Waals surface area contributed by atoms with Crippen LogP contribution in [0.25, 0.3) is 0 Å². The van der Waals surface area contributed by atoms with Crippen molar-refractivity contribution >= 4 is 25.8 Å². The second-order valence-corrected chi connectivity index (χ2v) is 6.87. The minimum absolute atomic E-state index is 0.215. The van der Waals surface area contributed by atoms with Gasteiger partial charge in [-0.25, -0.2) is 8.42 Å². The number of methoxy groups -OCH3 is 1. The summed E-state index contributed by atoms with van der Waals surface area (Å²) in [6.45, 7) is 0. The van der Waals surface area contributed by atoms with Gasteiger partial charge >= 0.3 is 0 Å².